The molecule has 1 fully saturated rings. The predicted octanol–water partition coefficient (Wildman–Crippen LogP) is 1.50. The van der Waals surface area contributed by atoms with Crippen LogP contribution < -0.4 is 5.73 Å². The van der Waals surface area contributed by atoms with Crippen LogP contribution in [0.25, 0.3) is 0 Å². The largest absolute Gasteiger partial charge is 0.464 e. The number of likely N-dealkylation sites (tertiary alicyclic amines) is 1. The molecular weight excluding hydrogens is 240 g/mol. The highest BCUT2D eigenvalue weighted by Crippen LogP contribution is 2.23. The molecule has 0 spiro atoms. The summed E-state index contributed by atoms with van der Waals surface area (Å²) in [4.78, 5) is 14.5. The molecule has 1 heterocycles. The summed E-state index contributed by atoms with van der Waals surface area (Å²) in [7, 11) is 0. The van der Waals surface area contributed by atoms with Crippen LogP contribution in [0.4, 0.5) is 0 Å². The fourth-order valence-electron chi connectivity index (χ4n) is 2.56. The lowest BCUT2D eigenvalue weighted by atomic mass is 9.90. The molecule has 0 aromatic heterocycles. The number of hydrogen-bond donors (Lipinski definition) is 1. The van der Waals surface area contributed by atoms with Crippen LogP contribution in [0.1, 0.15) is 25.3 Å². The molecule has 1 aromatic rings. The molecule has 1 aromatic carbocycles. The minimum atomic E-state index is -1.07. The Morgan fingerprint density at radius 2 is 1.95 bits per heavy atom. The van der Waals surface area contributed by atoms with E-state index in [0.717, 1.165) is 18.7 Å². The van der Waals surface area contributed by atoms with Crippen molar-refractivity contribution < 1.29 is 9.53 Å². The number of carbonyl (C=O) groups is 1. The molecule has 0 amide bonds. The molecule has 1 aliphatic rings. The number of carbonyl (C=O) groups excluding carboxylic acids is 1. The van der Waals surface area contributed by atoms with E-state index in [-0.39, 0.29) is 5.97 Å². The van der Waals surface area contributed by atoms with Gasteiger partial charge < -0.3 is 15.4 Å². The van der Waals surface area contributed by atoms with E-state index in [4.69, 9.17) is 10.5 Å². The molecule has 4 nitrogen and oxygen atoms in total. The SMILES string of the molecule is CCOC(=O)C(N)(CN1CCCC1)c1ccccc1. The van der Waals surface area contributed by atoms with E-state index in [1.165, 1.54) is 12.8 Å². The van der Waals surface area contributed by atoms with E-state index in [1.807, 2.05) is 30.3 Å². The van der Waals surface area contributed by atoms with Gasteiger partial charge in [-0.3, -0.25) is 0 Å². The summed E-state index contributed by atoms with van der Waals surface area (Å²) in [6, 6.07) is 9.52. The van der Waals surface area contributed by atoms with Crippen LogP contribution in [0, 0.1) is 0 Å². The van der Waals surface area contributed by atoms with Gasteiger partial charge in [0.1, 0.15) is 0 Å². The summed E-state index contributed by atoms with van der Waals surface area (Å²) < 4.78 is 5.18. The highest BCUT2D eigenvalue weighted by atomic mass is 16.5. The first-order valence-corrected chi connectivity index (χ1v) is 6.91. The van der Waals surface area contributed by atoms with Crippen LogP contribution >= 0.6 is 0 Å². The highest BCUT2D eigenvalue weighted by molar-refractivity contribution is 5.82. The minimum absolute atomic E-state index is 0.340. The van der Waals surface area contributed by atoms with Gasteiger partial charge in [-0.15, -0.1) is 0 Å². The molecule has 0 radical (unpaired) electrons. The summed E-state index contributed by atoms with van der Waals surface area (Å²) >= 11 is 0. The summed E-state index contributed by atoms with van der Waals surface area (Å²) in [6.07, 6.45) is 2.35. The van der Waals surface area contributed by atoms with Crippen LogP contribution in [-0.4, -0.2) is 37.1 Å². The van der Waals surface area contributed by atoms with Crippen molar-refractivity contribution in [1.29, 1.82) is 0 Å². The van der Waals surface area contributed by atoms with Gasteiger partial charge in [0.05, 0.1) is 6.61 Å². The Balaban J connectivity index is 2.23. The van der Waals surface area contributed by atoms with E-state index in [0.29, 0.717) is 13.2 Å². The molecule has 0 bridgehead atoms. The van der Waals surface area contributed by atoms with Gasteiger partial charge in [0, 0.05) is 6.54 Å². The Morgan fingerprint density at radius 3 is 2.53 bits per heavy atom. The van der Waals surface area contributed by atoms with Gasteiger partial charge in [0.15, 0.2) is 5.54 Å². The zero-order valence-electron chi connectivity index (χ0n) is 11.5. The second-order valence-electron chi connectivity index (χ2n) is 5.04. The van der Waals surface area contributed by atoms with E-state index < -0.39 is 5.54 Å². The van der Waals surface area contributed by atoms with Gasteiger partial charge in [-0.2, -0.15) is 0 Å². The van der Waals surface area contributed by atoms with Gasteiger partial charge >= 0.3 is 5.97 Å². The molecule has 2 rings (SSSR count). The summed E-state index contributed by atoms with van der Waals surface area (Å²) in [5.74, 6) is -0.340. The van der Waals surface area contributed by atoms with Crippen molar-refractivity contribution in [3.63, 3.8) is 0 Å². The van der Waals surface area contributed by atoms with Crippen LogP contribution in [-0.2, 0) is 15.1 Å². The molecule has 0 aliphatic carbocycles. The van der Waals surface area contributed by atoms with Gasteiger partial charge in [-0.25, -0.2) is 4.79 Å². The Morgan fingerprint density at radius 1 is 1.32 bits per heavy atom. The third kappa shape index (κ3) is 3.14. The van der Waals surface area contributed by atoms with Crippen molar-refractivity contribution in [2.75, 3.05) is 26.2 Å². The third-order valence-corrected chi connectivity index (χ3v) is 3.60. The van der Waals surface area contributed by atoms with Crippen LogP contribution in [0.15, 0.2) is 30.3 Å². The number of esters is 1. The molecule has 4 heteroatoms. The monoisotopic (exact) mass is 262 g/mol. The van der Waals surface area contributed by atoms with E-state index in [9.17, 15) is 4.79 Å². The van der Waals surface area contributed by atoms with Gasteiger partial charge in [0.2, 0.25) is 0 Å². The first kappa shape index (κ1) is 14.0. The Bertz CT molecular complexity index is 415. The van der Waals surface area contributed by atoms with Crippen molar-refractivity contribution in [2.24, 2.45) is 5.73 Å². The molecule has 1 saturated heterocycles. The van der Waals surface area contributed by atoms with Gasteiger partial charge in [0.25, 0.3) is 0 Å². The van der Waals surface area contributed by atoms with Crippen LogP contribution in [0.2, 0.25) is 0 Å². The second kappa shape index (κ2) is 6.17. The maximum Gasteiger partial charge on any atom is 0.332 e. The first-order chi connectivity index (χ1) is 9.16. The van der Waals surface area contributed by atoms with E-state index in [1.54, 1.807) is 6.92 Å². The Kier molecular flexibility index (Phi) is 4.56. The first-order valence-electron chi connectivity index (χ1n) is 6.91. The van der Waals surface area contributed by atoms with E-state index in [2.05, 4.69) is 4.90 Å². The quantitative estimate of drug-likeness (QED) is 0.817. The average molecular weight is 262 g/mol. The summed E-state index contributed by atoms with van der Waals surface area (Å²) in [5.41, 5.74) is 6.16. The van der Waals surface area contributed by atoms with Crippen molar-refractivity contribution in [3.8, 4) is 0 Å². The predicted molar refractivity (Wildman–Crippen MR) is 74.6 cm³/mol. The zero-order valence-corrected chi connectivity index (χ0v) is 11.5. The van der Waals surface area contributed by atoms with E-state index >= 15 is 0 Å². The lowest BCUT2D eigenvalue weighted by molar-refractivity contribution is -0.150. The normalized spacial score (nSPS) is 19.1. The molecular formula is C15H22N2O2. The van der Waals surface area contributed by atoms with Crippen molar-refractivity contribution >= 4 is 5.97 Å². The fraction of sp³-hybridized carbons (Fsp3) is 0.533. The van der Waals surface area contributed by atoms with Gasteiger partial charge in [-0.1, -0.05) is 30.3 Å². The lowest BCUT2D eigenvalue weighted by Crippen LogP contribution is -2.53. The molecule has 1 unspecified atom stereocenters. The Labute approximate surface area is 114 Å². The maximum atomic E-state index is 12.3. The number of nitrogens with two attached hydrogens (primary N) is 1. The fourth-order valence-corrected chi connectivity index (χ4v) is 2.56. The third-order valence-electron chi connectivity index (χ3n) is 3.60. The summed E-state index contributed by atoms with van der Waals surface area (Å²) in [6.45, 7) is 4.69. The molecule has 2 N–H and O–H groups in total. The van der Waals surface area contributed by atoms with Gasteiger partial charge in [-0.05, 0) is 38.4 Å². The number of rotatable bonds is 5. The molecule has 19 heavy (non-hydrogen) atoms. The Hall–Kier alpha value is -1.39. The topological polar surface area (TPSA) is 55.6 Å². The number of nitrogens with zero attached hydrogens (tertiary/aromatic N) is 1. The standard InChI is InChI=1S/C15H22N2O2/c1-2-19-14(18)15(16,12-17-10-6-7-11-17)13-8-4-3-5-9-13/h3-5,8-9H,2,6-7,10-12,16H2,1H3. The zero-order chi connectivity index (χ0) is 13.7. The second-order valence-corrected chi connectivity index (χ2v) is 5.04. The van der Waals surface area contributed by atoms with Crippen LogP contribution in [0.3, 0.4) is 0 Å². The summed E-state index contributed by atoms with van der Waals surface area (Å²) in [5, 5.41) is 0. The molecule has 0 saturated carbocycles. The average Bonchev–Trinajstić information content (AvgIpc) is 2.92. The van der Waals surface area contributed by atoms with Crippen molar-refractivity contribution in [3.05, 3.63) is 35.9 Å². The molecule has 1 atom stereocenters. The number of benzene rings is 1. The number of hydrogen-bond acceptors (Lipinski definition) is 4. The molecule has 104 valence electrons. The number of ether oxygens (including phenoxy) is 1. The highest BCUT2D eigenvalue weighted by Gasteiger charge is 2.39. The van der Waals surface area contributed by atoms with Crippen LogP contribution in [0.5, 0.6) is 0 Å². The maximum absolute atomic E-state index is 12.3. The van der Waals surface area contributed by atoms with Crippen molar-refractivity contribution in [2.45, 2.75) is 25.3 Å². The smallest absolute Gasteiger partial charge is 0.332 e. The lowest BCUT2D eigenvalue weighted by Gasteiger charge is -2.31. The molecule has 1 aliphatic heterocycles. The van der Waals surface area contributed by atoms with Crippen molar-refractivity contribution in [1.82, 2.24) is 4.90 Å². The minimum Gasteiger partial charge on any atom is -0.464 e.